The van der Waals surface area contributed by atoms with Gasteiger partial charge in [0.1, 0.15) is 34.8 Å². The molecule has 4 aliphatic carbocycles. The molecule has 0 spiro atoms. The molecular weight excluding hydrogens is 761 g/mol. The van der Waals surface area contributed by atoms with Crippen LogP contribution in [0.25, 0.3) is 10.9 Å². The van der Waals surface area contributed by atoms with Crippen LogP contribution in [-0.2, 0) is 40.4 Å². The van der Waals surface area contributed by atoms with Gasteiger partial charge >= 0.3 is 5.97 Å². The molecule has 2 aliphatic heterocycles. The highest BCUT2D eigenvalue weighted by molar-refractivity contribution is 7.91. The summed E-state index contributed by atoms with van der Waals surface area (Å²) in [6.45, 7) is 5.96. The van der Waals surface area contributed by atoms with Crippen molar-refractivity contribution in [2.45, 2.75) is 145 Å². The molecule has 0 unspecified atom stereocenters. The number of sulfonamides is 1. The molecule has 2 aromatic rings. The number of esters is 1. The maximum atomic E-state index is 15.0. The van der Waals surface area contributed by atoms with E-state index in [1.807, 2.05) is 31.2 Å². The number of fused-ring (bicyclic) bond motifs is 5. The fraction of sp³-hybridized carbons (Fsp3) is 0.659. The van der Waals surface area contributed by atoms with Crippen LogP contribution in [0.2, 0.25) is 0 Å². The summed E-state index contributed by atoms with van der Waals surface area (Å²) in [4.78, 5) is 63.8. The number of methoxy groups -OCH3 is 1. The van der Waals surface area contributed by atoms with Crippen molar-refractivity contribution in [3.05, 3.63) is 42.6 Å². The second-order valence-electron chi connectivity index (χ2n) is 18.0. The van der Waals surface area contributed by atoms with E-state index in [0.717, 1.165) is 87.2 Å². The zero-order valence-electron chi connectivity index (χ0n) is 33.8. The quantitative estimate of drug-likeness (QED) is 0.250. The highest BCUT2D eigenvalue weighted by Gasteiger charge is 2.62. The Balaban J connectivity index is 1.14. The molecule has 2 bridgehead atoms. The molecule has 5 fully saturated rings. The predicted octanol–water partition coefficient (Wildman–Crippen LogP) is 5.68. The largest absolute Gasteiger partial charge is 0.497 e. The number of carbonyl (C=O) groups is 4. The zero-order chi connectivity index (χ0) is 40.8. The van der Waals surface area contributed by atoms with Gasteiger partial charge in [-0.05, 0) is 114 Å². The number of carbonyl (C=O) groups excluding carboxylic acids is 4. The molecule has 8 rings (SSSR count). The van der Waals surface area contributed by atoms with Gasteiger partial charge in [0.15, 0.2) is 0 Å². The lowest BCUT2D eigenvalue weighted by atomic mass is 9.85. The molecule has 6 aliphatic rings. The number of hydrogen-bond donors (Lipinski definition) is 2. The number of ether oxygens (including phenoxy) is 3. The van der Waals surface area contributed by atoms with Crippen molar-refractivity contribution in [2.24, 2.45) is 23.7 Å². The summed E-state index contributed by atoms with van der Waals surface area (Å²) in [6.07, 6.45) is 12.8. The Morgan fingerprint density at radius 2 is 1.78 bits per heavy atom. The molecule has 7 atom stereocenters. The zero-order valence-corrected chi connectivity index (χ0v) is 34.7. The second-order valence-corrected chi connectivity index (χ2v) is 19.9. The Hall–Kier alpha value is -4.20. The summed E-state index contributed by atoms with van der Waals surface area (Å²) in [5, 5.41) is 3.11. The number of hydrogen-bond acceptors (Lipinski definition) is 10. The van der Waals surface area contributed by atoms with E-state index < -0.39 is 62.2 Å². The standard InChI is InChI=1S/C44H58N4O9S/c1-4-29-25-44(29,42(52)47-58(53,54)33-17-18-33)46-40(50)37-23-32-26-48(37)41(51)34(27-11-8-9-12-27)24-39(49)57-43(2)20-10-14-30(43)13-6-5-7-15-36-38(56-32)22-28-21-31(55-3)16-19-35(28)45-36/h4,16,19,21-22,27,29-30,32-34,37H,1,5-15,17-18,20,23-26H2,2-3H3,(H,46,50)(H,47,52)/t29-,30-,32-,34+,37+,43-,44-/m1/s1. The van der Waals surface area contributed by atoms with Crippen molar-refractivity contribution in [3.8, 4) is 11.5 Å². The number of aromatic nitrogens is 1. The van der Waals surface area contributed by atoms with Crippen molar-refractivity contribution in [3.63, 3.8) is 0 Å². The molecule has 314 valence electrons. The van der Waals surface area contributed by atoms with Crippen LogP contribution in [0.15, 0.2) is 36.9 Å². The first-order valence-electron chi connectivity index (χ1n) is 21.5. The fourth-order valence-corrected chi connectivity index (χ4v) is 11.7. The molecule has 3 amide bonds. The van der Waals surface area contributed by atoms with E-state index in [0.29, 0.717) is 30.8 Å². The van der Waals surface area contributed by atoms with Gasteiger partial charge in [-0.2, -0.15) is 0 Å². The number of nitrogens with zero attached hydrogens (tertiary/aromatic N) is 2. The minimum absolute atomic E-state index is 0.0499. The minimum Gasteiger partial charge on any atom is -0.497 e. The number of rotatable bonds is 8. The van der Waals surface area contributed by atoms with E-state index in [1.54, 1.807) is 13.2 Å². The first-order chi connectivity index (χ1) is 27.8. The van der Waals surface area contributed by atoms with Crippen LogP contribution in [0.5, 0.6) is 11.5 Å². The van der Waals surface area contributed by atoms with E-state index in [4.69, 9.17) is 19.2 Å². The van der Waals surface area contributed by atoms with E-state index in [2.05, 4.69) is 16.6 Å². The highest BCUT2D eigenvalue weighted by Crippen LogP contribution is 2.46. The van der Waals surface area contributed by atoms with Gasteiger partial charge in [0.2, 0.25) is 21.8 Å². The lowest BCUT2D eigenvalue weighted by molar-refractivity contribution is -0.166. The van der Waals surface area contributed by atoms with Crippen LogP contribution in [-0.4, -0.2) is 84.2 Å². The van der Waals surface area contributed by atoms with Gasteiger partial charge in [0.05, 0.1) is 42.5 Å². The molecular formula is C44H58N4O9S. The molecule has 1 aromatic carbocycles. The Morgan fingerprint density at radius 1 is 1.02 bits per heavy atom. The molecule has 1 aromatic heterocycles. The van der Waals surface area contributed by atoms with Crippen molar-refractivity contribution >= 4 is 44.6 Å². The number of benzene rings is 1. The molecule has 2 N–H and O–H groups in total. The summed E-state index contributed by atoms with van der Waals surface area (Å²) in [7, 11) is -2.28. The molecule has 1 saturated heterocycles. The van der Waals surface area contributed by atoms with Crippen molar-refractivity contribution in [1.82, 2.24) is 19.9 Å². The van der Waals surface area contributed by atoms with E-state index in [9.17, 15) is 22.8 Å². The lowest BCUT2D eigenvalue weighted by Gasteiger charge is -2.34. The average molecular weight is 819 g/mol. The summed E-state index contributed by atoms with van der Waals surface area (Å²) < 4.78 is 46.5. The second kappa shape index (κ2) is 16.1. The third kappa shape index (κ3) is 8.18. The van der Waals surface area contributed by atoms with Crippen molar-refractivity contribution in [1.29, 1.82) is 0 Å². The van der Waals surface area contributed by atoms with Gasteiger partial charge in [0, 0.05) is 17.7 Å². The number of amides is 3. The Labute approximate surface area is 341 Å². The first-order valence-corrected chi connectivity index (χ1v) is 23.0. The summed E-state index contributed by atoms with van der Waals surface area (Å²) >= 11 is 0. The SMILES string of the molecule is C=C[C@@H]1C[C@]1(NC(=O)[C@@H]1C[C@@H]2CN1C(=O)[C@H](C1CCCC1)CC(=O)O[C@]1(C)CCC[C@H]1CCCCCc1nc3ccc(OC)cc3cc1O2)C(=O)NS(=O)(=O)C1CC1. The maximum absolute atomic E-state index is 15.0. The number of nitrogens with one attached hydrogen (secondary N) is 2. The topological polar surface area (TPSA) is 170 Å². The van der Waals surface area contributed by atoms with E-state index in [-0.39, 0.29) is 49.5 Å². The minimum atomic E-state index is -3.89. The van der Waals surface area contributed by atoms with Crippen molar-refractivity contribution in [2.75, 3.05) is 13.7 Å². The monoisotopic (exact) mass is 818 g/mol. The third-order valence-corrected chi connectivity index (χ3v) is 15.8. The fourth-order valence-electron chi connectivity index (χ4n) is 10.3. The normalized spacial score (nSPS) is 32.2. The van der Waals surface area contributed by atoms with Gasteiger partial charge in [0.25, 0.3) is 5.91 Å². The lowest BCUT2D eigenvalue weighted by Crippen LogP contribution is -2.57. The molecule has 4 saturated carbocycles. The summed E-state index contributed by atoms with van der Waals surface area (Å²) in [5.74, 6) is -1.80. The van der Waals surface area contributed by atoms with Gasteiger partial charge in [-0.3, -0.25) is 23.9 Å². The third-order valence-electron chi connectivity index (χ3n) is 14.0. The van der Waals surface area contributed by atoms with Crippen LogP contribution in [0.3, 0.4) is 0 Å². The van der Waals surface area contributed by atoms with Gasteiger partial charge in [-0.1, -0.05) is 31.8 Å². The predicted molar refractivity (Wildman–Crippen MR) is 216 cm³/mol. The van der Waals surface area contributed by atoms with Gasteiger partial charge in [-0.15, -0.1) is 6.58 Å². The van der Waals surface area contributed by atoms with Crippen LogP contribution in [0.1, 0.15) is 115 Å². The van der Waals surface area contributed by atoms with Crippen LogP contribution >= 0.6 is 0 Å². The molecule has 3 heterocycles. The van der Waals surface area contributed by atoms with Gasteiger partial charge in [-0.25, -0.2) is 13.4 Å². The Bertz CT molecular complexity index is 2070. The average Bonchev–Trinajstić information content (AvgIpc) is 4.01. The van der Waals surface area contributed by atoms with Crippen LogP contribution < -0.4 is 19.5 Å². The van der Waals surface area contributed by atoms with Crippen LogP contribution in [0.4, 0.5) is 0 Å². The smallest absolute Gasteiger partial charge is 0.307 e. The Kier molecular flexibility index (Phi) is 11.3. The van der Waals surface area contributed by atoms with E-state index >= 15 is 4.79 Å². The summed E-state index contributed by atoms with van der Waals surface area (Å²) in [6, 6.07) is 6.62. The van der Waals surface area contributed by atoms with E-state index in [1.165, 1.54) is 4.90 Å². The number of aryl methyl sites for hydroxylation is 1. The molecule has 13 nitrogen and oxygen atoms in total. The maximum Gasteiger partial charge on any atom is 0.307 e. The Morgan fingerprint density at radius 3 is 2.50 bits per heavy atom. The number of pyridine rings is 1. The summed E-state index contributed by atoms with van der Waals surface area (Å²) in [5.41, 5.74) is -0.505. The molecule has 0 radical (unpaired) electrons. The van der Waals surface area contributed by atoms with Crippen LogP contribution in [0, 0.1) is 23.7 Å². The highest BCUT2D eigenvalue weighted by atomic mass is 32.2. The molecule has 14 heteroatoms. The molecule has 58 heavy (non-hydrogen) atoms. The first kappa shape index (κ1) is 40.6. The van der Waals surface area contributed by atoms with Gasteiger partial charge < -0.3 is 24.4 Å². The van der Waals surface area contributed by atoms with Crippen molar-refractivity contribution < 1.29 is 41.8 Å².